The Bertz CT molecular complexity index is 627. The Morgan fingerprint density at radius 2 is 1.85 bits per heavy atom. The van der Waals surface area contributed by atoms with Crippen LogP contribution in [0.15, 0.2) is 58.0 Å². The number of methoxy groups -OCH3 is 1. The zero-order chi connectivity index (χ0) is 14.4. The molecule has 0 aliphatic heterocycles. The maximum atomic E-state index is 5.28. The van der Waals surface area contributed by atoms with Crippen molar-refractivity contribution in [3.63, 3.8) is 0 Å². The maximum Gasteiger partial charge on any atom is 0.119 e. The van der Waals surface area contributed by atoms with E-state index in [1.165, 1.54) is 5.37 Å². The molecule has 1 atom stereocenters. The average Bonchev–Trinajstić information content (AvgIpc) is 2.48. The minimum atomic E-state index is -0.0956. The molecule has 2 aromatic rings. The zero-order valence-electron chi connectivity index (χ0n) is 11.0. The molecule has 2 rings (SSSR count). The summed E-state index contributed by atoms with van der Waals surface area (Å²) in [6, 6.07) is 15.9. The third-order valence-electron chi connectivity index (χ3n) is 2.87. The highest BCUT2D eigenvalue weighted by molar-refractivity contribution is 9.10. The fourth-order valence-electron chi connectivity index (χ4n) is 1.97. The van der Waals surface area contributed by atoms with Crippen LogP contribution in [0, 0.1) is 0 Å². The molecule has 0 saturated heterocycles. The monoisotopic (exact) mass is 347 g/mol. The fraction of sp³-hybridized carbons (Fsp3) is 0.125. The first-order chi connectivity index (χ1) is 9.74. The SMILES string of the molecule is COc1cccc(C(N=CC=S)c2cccc(Br)c2)c1. The summed E-state index contributed by atoms with van der Waals surface area (Å²) < 4.78 is 6.31. The van der Waals surface area contributed by atoms with Crippen LogP contribution in [0.1, 0.15) is 17.2 Å². The number of nitrogens with zero attached hydrogens (tertiary/aromatic N) is 1. The smallest absolute Gasteiger partial charge is 0.119 e. The van der Waals surface area contributed by atoms with Crippen LogP contribution in [0.2, 0.25) is 0 Å². The topological polar surface area (TPSA) is 21.6 Å². The van der Waals surface area contributed by atoms with Gasteiger partial charge in [-0.25, -0.2) is 0 Å². The van der Waals surface area contributed by atoms with Crippen LogP contribution in [0.3, 0.4) is 0 Å². The third-order valence-corrected chi connectivity index (χ3v) is 3.48. The van der Waals surface area contributed by atoms with Gasteiger partial charge in [-0.1, -0.05) is 52.4 Å². The van der Waals surface area contributed by atoms with Gasteiger partial charge in [-0.15, -0.1) is 0 Å². The van der Waals surface area contributed by atoms with Crippen LogP contribution in [-0.4, -0.2) is 18.7 Å². The lowest BCUT2D eigenvalue weighted by molar-refractivity contribution is 0.414. The van der Waals surface area contributed by atoms with Crippen LogP contribution >= 0.6 is 28.1 Å². The summed E-state index contributed by atoms with van der Waals surface area (Å²) in [4.78, 5) is 4.54. The maximum absolute atomic E-state index is 5.28. The molecule has 0 N–H and O–H groups in total. The van der Waals surface area contributed by atoms with E-state index in [0.717, 1.165) is 21.3 Å². The summed E-state index contributed by atoms with van der Waals surface area (Å²) in [7, 11) is 1.66. The molecule has 0 aliphatic carbocycles. The fourth-order valence-corrected chi connectivity index (χ4v) is 2.46. The second kappa shape index (κ2) is 7.31. The lowest BCUT2D eigenvalue weighted by atomic mass is 9.99. The van der Waals surface area contributed by atoms with Crippen molar-refractivity contribution in [1.29, 1.82) is 0 Å². The normalized spacial score (nSPS) is 12.3. The van der Waals surface area contributed by atoms with E-state index in [0.29, 0.717) is 0 Å². The van der Waals surface area contributed by atoms with Crippen molar-refractivity contribution < 1.29 is 4.74 Å². The van der Waals surface area contributed by atoms with Crippen molar-refractivity contribution in [2.45, 2.75) is 6.04 Å². The number of hydrogen-bond donors (Lipinski definition) is 0. The highest BCUT2D eigenvalue weighted by Crippen LogP contribution is 2.29. The first-order valence-electron chi connectivity index (χ1n) is 6.11. The molecule has 4 heteroatoms. The molecule has 0 fully saturated rings. The zero-order valence-corrected chi connectivity index (χ0v) is 13.4. The quantitative estimate of drug-likeness (QED) is 0.581. The van der Waals surface area contributed by atoms with Crippen molar-refractivity contribution in [1.82, 2.24) is 0 Å². The van der Waals surface area contributed by atoms with Crippen LogP contribution < -0.4 is 4.74 Å². The molecule has 0 amide bonds. The Hall–Kier alpha value is -1.52. The van der Waals surface area contributed by atoms with Crippen molar-refractivity contribution in [3.8, 4) is 5.75 Å². The summed E-state index contributed by atoms with van der Waals surface area (Å²) in [5, 5.41) is 1.52. The predicted molar refractivity (Wildman–Crippen MR) is 91.1 cm³/mol. The molecular weight excluding hydrogens is 334 g/mol. The molecule has 0 saturated carbocycles. The highest BCUT2D eigenvalue weighted by Gasteiger charge is 2.13. The van der Waals surface area contributed by atoms with Gasteiger partial charge >= 0.3 is 0 Å². The highest BCUT2D eigenvalue weighted by atomic mass is 79.9. The summed E-state index contributed by atoms with van der Waals surface area (Å²) >= 11 is 8.33. The summed E-state index contributed by atoms with van der Waals surface area (Å²) in [5.74, 6) is 0.819. The predicted octanol–water partition coefficient (Wildman–Crippen LogP) is 4.62. The molecule has 2 nitrogen and oxygen atoms in total. The van der Waals surface area contributed by atoms with Gasteiger partial charge in [0.15, 0.2) is 0 Å². The van der Waals surface area contributed by atoms with Gasteiger partial charge in [0.2, 0.25) is 0 Å². The van der Waals surface area contributed by atoms with Gasteiger partial charge in [0, 0.05) is 16.1 Å². The van der Waals surface area contributed by atoms with Crippen LogP contribution in [-0.2, 0) is 0 Å². The standard InChI is InChI=1S/C16H14BrNOS/c1-19-15-7-3-5-13(11-15)16(18-8-9-20)12-4-2-6-14(17)10-12/h2-11,16H,1H3. The Kier molecular flexibility index (Phi) is 5.44. The molecule has 0 heterocycles. The summed E-state index contributed by atoms with van der Waals surface area (Å²) in [5.41, 5.74) is 2.16. The van der Waals surface area contributed by atoms with Crippen LogP contribution in [0.5, 0.6) is 5.75 Å². The molecule has 20 heavy (non-hydrogen) atoms. The van der Waals surface area contributed by atoms with E-state index in [1.807, 2.05) is 36.4 Å². The number of aliphatic imine (C=N–C) groups is 1. The molecule has 1 unspecified atom stereocenters. The van der Waals surface area contributed by atoms with Gasteiger partial charge in [-0.2, -0.15) is 0 Å². The first kappa shape index (κ1) is 14.9. The lowest BCUT2D eigenvalue weighted by Gasteiger charge is -2.14. The molecule has 0 radical (unpaired) electrons. The van der Waals surface area contributed by atoms with Gasteiger partial charge in [0.25, 0.3) is 0 Å². The van der Waals surface area contributed by atoms with E-state index in [4.69, 9.17) is 17.0 Å². The lowest BCUT2D eigenvalue weighted by Crippen LogP contribution is -1.99. The van der Waals surface area contributed by atoms with Crippen molar-refractivity contribution in [2.24, 2.45) is 4.99 Å². The minimum Gasteiger partial charge on any atom is -0.497 e. The molecule has 0 bridgehead atoms. The third kappa shape index (κ3) is 3.74. The van der Waals surface area contributed by atoms with Crippen LogP contribution in [0.25, 0.3) is 0 Å². The van der Waals surface area contributed by atoms with E-state index in [1.54, 1.807) is 13.3 Å². The second-order valence-electron chi connectivity index (χ2n) is 4.17. The van der Waals surface area contributed by atoms with Gasteiger partial charge in [-0.3, -0.25) is 4.99 Å². The van der Waals surface area contributed by atoms with E-state index in [-0.39, 0.29) is 6.04 Å². The van der Waals surface area contributed by atoms with Crippen LogP contribution in [0.4, 0.5) is 0 Å². The number of halogens is 1. The van der Waals surface area contributed by atoms with Crippen molar-refractivity contribution in [2.75, 3.05) is 7.11 Å². The molecule has 0 spiro atoms. The van der Waals surface area contributed by atoms with Gasteiger partial charge in [0.05, 0.1) is 7.11 Å². The number of benzene rings is 2. The number of hydrogen-bond acceptors (Lipinski definition) is 3. The van der Waals surface area contributed by atoms with Crippen molar-refractivity contribution >= 4 is 39.7 Å². The first-order valence-corrected chi connectivity index (χ1v) is 7.37. The van der Waals surface area contributed by atoms with Crippen molar-refractivity contribution in [3.05, 3.63) is 64.1 Å². The van der Waals surface area contributed by atoms with E-state index in [2.05, 4.69) is 33.1 Å². The Balaban J connectivity index is 2.46. The molecule has 102 valence electrons. The van der Waals surface area contributed by atoms with Gasteiger partial charge in [0.1, 0.15) is 11.8 Å². The minimum absolute atomic E-state index is 0.0956. The molecule has 0 aromatic heterocycles. The summed E-state index contributed by atoms with van der Waals surface area (Å²) in [6.07, 6.45) is 1.65. The van der Waals surface area contributed by atoms with E-state index in [9.17, 15) is 0 Å². The Morgan fingerprint density at radius 1 is 1.15 bits per heavy atom. The van der Waals surface area contributed by atoms with E-state index < -0.39 is 0 Å². The Labute approximate surface area is 132 Å². The Morgan fingerprint density at radius 3 is 2.50 bits per heavy atom. The summed E-state index contributed by atoms with van der Waals surface area (Å²) in [6.45, 7) is 0. The number of thiocarbonyl (C=S) groups is 1. The largest absolute Gasteiger partial charge is 0.497 e. The average molecular weight is 348 g/mol. The molecule has 0 aliphatic rings. The van der Waals surface area contributed by atoms with E-state index >= 15 is 0 Å². The van der Waals surface area contributed by atoms with Gasteiger partial charge < -0.3 is 4.74 Å². The van der Waals surface area contributed by atoms with Gasteiger partial charge in [-0.05, 0) is 35.4 Å². The number of ether oxygens (including phenoxy) is 1. The molecular formula is C16H14BrNOS. The molecule has 2 aromatic carbocycles. The second-order valence-corrected chi connectivity index (χ2v) is 5.36. The number of rotatable bonds is 5.